The fourth-order valence-electron chi connectivity index (χ4n) is 0.435. The molecule has 3 N–H and O–H groups in total. The molecule has 0 aromatic carbocycles. The quantitative estimate of drug-likeness (QED) is 0.428. The number of halogens is 3. The Morgan fingerprint density at radius 2 is 2.08 bits per heavy atom. The third kappa shape index (κ3) is 4.83. The Labute approximate surface area is 85.8 Å². The first-order valence-electron chi connectivity index (χ1n) is 3.13. The first-order chi connectivity index (χ1) is 5.38. The fraction of sp³-hybridized carbons (Fsp3) is 0.500. The highest BCUT2D eigenvalue weighted by Gasteiger charge is 2.29. The fourth-order valence-corrected chi connectivity index (χ4v) is 0.598. The van der Waals surface area contributed by atoms with Crippen LogP contribution >= 0.6 is 34.8 Å². The summed E-state index contributed by atoms with van der Waals surface area (Å²) in [5, 5.41) is 2.28. The predicted octanol–water partition coefficient (Wildman–Crippen LogP) is 1.33. The van der Waals surface area contributed by atoms with Crippen molar-refractivity contribution in [3.63, 3.8) is 0 Å². The molecule has 1 amide bonds. The van der Waals surface area contributed by atoms with Gasteiger partial charge in [0.2, 0.25) is 9.70 Å². The van der Waals surface area contributed by atoms with E-state index in [1.54, 1.807) is 13.0 Å². The van der Waals surface area contributed by atoms with Gasteiger partial charge in [-0.2, -0.15) is 0 Å². The van der Waals surface area contributed by atoms with Gasteiger partial charge in [0.25, 0.3) is 0 Å². The third-order valence-corrected chi connectivity index (χ3v) is 1.67. The Bertz CT molecular complexity index is 188. The average molecular weight is 232 g/mol. The number of rotatable bonds is 2. The Balaban J connectivity index is 4.01. The van der Waals surface area contributed by atoms with Crippen LogP contribution < -0.4 is 11.1 Å². The molecular formula is C6H9Cl3N2O. The second-order valence-corrected chi connectivity index (χ2v) is 4.40. The molecule has 0 radical (unpaired) electrons. The molecule has 0 aromatic rings. The second-order valence-electron chi connectivity index (χ2n) is 2.03. The van der Waals surface area contributed by atoms with E-state index in [0.717, 1.165) is 0 Å². The van der Waals surface area contributed by atoms with E-state index < -0.39 is 15.9 Å². The first kappa shape index (κ1) is 12.0. The summed E-state index contributed by atoms with van der Waals surface area (Å²) in [6.45, 7) is 1.69. The standard InChI is InChI=1S/C6H9Cl3N2O/c1-2-3-4(12)11-5(10)6(7,8)9/h2-3,5H,10H2,1H3,(H,11,12)/b3-2+. The maximum atomic E-state index is 10.8. The van der Waals surface area contributed by atoms with Crippen LogP contribution in [-0.4, -0.2) is 15.9 Å². The van der Waals surface area contributed by atoms with Crippen LogP contribution in [-0.2, 0) is 4.79 Å². The summed E-state index contributed by atoms with van der Waals surface area (Å²) in [6.07, 6.45) is 1.84. The topological polar surface area (TPSA) is 55.1 Å². The molecule has 0 saturated heterocycles. The summed E-state index contributed by atoms with van der Waals surface area (Å²) in [4.78, 5) is 10.8. The minimum Gasteiger partial charge on any atom is -0.333 e. The van der Waals surface area contributed by atoms with Crippen molar-refractivity contribution in [3.8, 4) is 0 Å². The highest BCUT2D eigenvalue weighted by molar-refractivity contribution is 6.68. The normalized spacial score (nSPS) is 14.8. The van der Waals surface area contributed by atoms with E-state index in [9.17, 15) is 4.79 Å². The van der Waals surface area contributed by atoms with Crippen LogP contribution in [0.25, 0.3) is 0 Å². The number of hydrogen-bond donors (Lipinski definition) is 2. The Hall–Kier alpha value is 0.0400. The molecule has 0 spiro atoms. The number of nitrogens with two attached hydrogens (primary N) is 1. The molecule has 0 saturated carbocycles. The summed E-state index contributed by atoms with van der Waals surface area (Å²) >= 11 is 16.2. The molecule has 0 rings (SSSR count). The van der Waals surface area contributed by atoms with E-state index in [1.165, 1.54) is 6.08 Å². The molecule has 0 aromatic heterocycles. The van der Waals surface area contributed by atoms with Gasteiger partial charge in [-0.25, -0.2) is 0 Å². The highest BCUT2D eigenvalue weighted by atomic mass is 35.6. The molecule has 1 unspecified atom stereocenters. The van der Waals surface area contributed by atoms with Crippen molar-refractivity contribution >= 4 is 40.7 Å². The van der Waals surface area contributed by atoms with Crippen molar-refractivity contribution in [3.05, 3.63) is 12.2 Å². The molecule has 3 nitrogen and oxygen atoms in total. The zero-order valence-corrected chi connectivity index (χ0v) is 8.62. The molecule has 0 bridgehead atoms. The Kier molecular flexibility index (Phi) is 4.94. The second kappa shape index (κ2) is 4.92. The molecule has 0 heterocycles. The van der Waals surface area contributed by atoms with Gasteiger partial charge in [-0.05, 0) is 13.0 Å². The van der Waals surface area contributed by atoms with Gasteiger partial charge >= 0.3 is 0 Å². The van der Waals surface area contributed by atoms with Gasteiger partial charge < -0.3 is 11.1 Å². The van der Waals surface area contributed by atoms with Crippen LogP contribution in [0.5, 0.6) is 0 Å². The van der Waals surface area contributed by atoms with Crippen LogP contribution in [0.2, 0.25) is 0 Å². The van der Waals surface area contributed by atoms with E-state index in [-0.39, 0.29) is 0 Å². The molecule has 1 atom stereocenters. The van der Waals surface area contributed by atoms with Gasteiger partial charge in [0.1, 0.15) is 6.17 Å². The van der Waals surface area contributed by atoms with E-state index in [4.69, 9.17) is 40.5 Å². The summed E-state index contributed by atoms with van der Waals surface area (Å²) in [7, 11) is 0. The molecule has 6 heteroatoms. The van der Waals surface area contributed by atoms with E-state index in [1.807, 2.05) is 0 Å². The van der Waals surface area contributed by atoms with Crippen LogP contribution in [0.1, 0.15) is 6.92 Å². The first-order valence-corrected chi connectivity index (χ1v) is 4.27. The van der Waals surface area contributed by atoms with E-state index >= 15 is 0 Å². The summed E-state index contributed by atoms with van der Waals surface area (Å²) in [5.41, 5.74) is 5.32. The van der Waals surface area contributed by atoms with Crippen LogP contribution in [0.3, 0.4) is 0 Å². The monoisotopic (exact) mass is 230 g/mol. The SMILES string of the molecule is C/C=C/C(=O)NC(N)C(Cl)(Cl)Cl. The molecule has 0 aliphatic carbocycles. The van der Waals surface area contributed by atoms with E-state index in [0.29, 0.717) is 0 Å². The van der Waals surface area contributed by atoms with Crippen LogP contribution in [0.4, 0.5) is 0 Å². The van der Waals surface area contributed by atoms with Crippen molar-refractivity contribution < 1.29 is 4.79 Å². The Morgan fingerprint density at radius 1 is 1.58 bits per heavy atom. The lowest BCUT2D eigenvalue weighted by atomic mass is 10.4. The van der Waals surface area contributed by atoms with Gasteiger partial charge in [0.05, 0.1) is 0 Å². The molecular weight excluding hydrogens is 222 g/mol. The maximum absolute atomic E-state index is 10.8. The summed E-state index contributed by atoms with van der Waals surface area (Å²) in [5.74, 6) is -0.392. The van der Waals surface area contributed by atoms with Crippen LogP contribution in [0.15, 0.2) is 12.2 Å². The lowest BCUT2D eigenvalue weighted by molar-refractivity contribution is -0.117. The molecule has 0 aliphatic rings. The molecule has 12 heavy (non-hydrogen) atoms. The molecule has 0 aliphatic heterocycles. The molecule has 0 fully saturated rings. The highest BCUT2D eigenvalue weighted by Crippen LogP contribution is 2.27. The lowest BCUT2D eigenvalue weighted by Gasteiger charge is -2.20. The van der Waals surface area contributed by atoms with Gasteiger partial charge in [0, 0.05) is 0 Å². The predicted molar refractivity (Wildman–Crippen MR) is 51.2 cm³/mol. The Morgan fingerprint density at radius 3 is 2.42 bits per heavy atom. The van der Waals surface area contributed by atoms with Gasteiger partial charge in [0.15, 0.2) is 0 Å². The number of nitrogens with one attached hydrogen (secondary N) is 1. The average Bonchev–Trinajstić information content (AvgIpc) is 1.85. The largest absolute Gasteiger partial charge is 0.333 e. The van der Waals surface area contributed by atoms with Crippen molar-refractivity contribution in [2.75, 3.05) is 0 Å². The van der Waals surface area contributed by atoms with Crippen molar-refractivity contribution in [1.29, 1.82) is 0 Å². The number of allylic oxidation sites excluding steroid dienone is 1. The summed E-state index contributed by atoms with van der Waals surface area (Å²) < 4.78 is -1.68. The zero-order valence-electron chi connectivity index (χ0n) is 6.35. The lowest BCUT2D eigenvalue weighted by Crippen LogP contribution is -2.49. The van der Waals surface area contributed by atoms with E-state index in [2.05, 4.69) is 5.32 Å². The minimum absolute atomic E-state index is 0.392. The number of hydrogen-bond acceptors (Lipinski definition) is 2. The maximum Gasteiger partial charge on any atom is 0.244 e. The number of carbonyl (C=O) groups is 1. The summed E-state index contributed by atoms with van der Waals surface area (Å²) in [6, 6.07) is 0. The number of alkyl halides is 3. The minimum atomic E-state index is -1.68. The third-order valence-electron chi connectivity index (χ3n) is 0.968. The number of carbonyl (C=O) groups excluding carboxylic acids is 1. The number of amides is 1. The van der Waals surface area contributed by atoms with Gasteiger partial charge in [-0.15, -0.1) is 0 Å². The van der Waals surface area contributed by atoms with Crippen molar-refractivity contribution in [2.24, 2.45) is 5.73 Å². The zero-order chi connectivity index (χ0) is 9.78. The van der Waals surface area contributed by atoms with Gasteiger partial charge in [-0.3, -0.25) is 4.79 Å². The van der Waals surface area contributed by atoms with Crippen molar-refractivity contribution in [1.82, 2.24) is 5.32 Å². The smallest absolute Gasteiger partial charge is 0.244 e. The van der Waals surface area contributed by atoms with Crippen molar-refractivity contribution in [2.45, 2.75) is 16.9 Å². The van der Waals surface area contributed by atoms with Crippen LogP contribution in [0, 0.1) is 0 Å². The van der Waals surface area contributed by atoms with Gasteiger partial charge in [-0.1, -0.05) is 40.9 Å². The molecule has 70 valence electrons.